The number of non-ortho nitro benzene ring substituents is 1. The van der Waals surface area contributed by atoms with Crippen LogP contribution in [0.25, 0.3) is 22.9 Å². The van der Waals surface area contributed by atoms with E-state index in [1.807, 2.05) is 50.1 Å². The van der Waals surface area contributed by atoms with E-state index >= 15 is 0 Å². The summed E-state index contributed by atoms with van der Waals surface area (Å²) in [5.74, 6) is 0. The zero-order valence-corrected chi connectivity index (χ0v) is 23.1. The van der Waals surface area contributed by atoms with Gasteiger partial charge in [-0.3, -0.25) is 10.1 Å². The minimum absolute atomic E-state index is 0.0740. The van der Waals surface area contributed by atoms with Gasteiger partial charge >= 0.3 is 0 Å². The molecule has 200 valence electrons. The van der Waals surface area contributed by atoms with Gasteiger partial charge < -0.3 is 9.80 Å². The SMILES string of the molecule is C=Cc1ccc(N(c2ccc(N(C)c3ccc([N+](=O)[O-])cc3)cc2)c2ccc3ccccc3c2)cc1C=C.CC. The molecule has 0 N–H and O–H groups in total. The fourth-order valence-corrected chi connectivity index (χ4v) is 4.60. The lowest BCUT2D eigenvalue weighted by Gasteiger charge is -2.27. The van der Waals surface area contributed by atoms with Gasteiger partial charge in [0.1, 0.15) is 0 Å². The minimum atomic E-state index is -0.390. The van der Waals surface area contributed by atoms with Crippen molar-refractivity contribution >= 4 is 57.0 Å². The fourth-order valence-electron chi connectivity index (χ4n) is 4.60. The molecule has 0 bridgehead atoms. The number of anilines is 5. The quantitative estimate of drug-likeness (QED) is 0.149. The van der Waals surface area contributed by atoms with Gasteiger partial charge in [-0.15, -0.1) is 0 Å². The Morgan fingerprint density at radius 1 is 0.625 bits per heavy atom. The lowest BCUT2D eigenvalue weighted by molar-refractivity contribution is -0.384. The van der Waals surface area contributed by atoms with Crippen molar-refractivity contribution in [2.75, 3.05) is 16.8 Å². The Balaban J connectivity index is 0.00000181. The van der Waals surface area contributed by atoms with Gasteiger partial charge in [-0.05, 0) is 82.6 Å². The summed E-state index contributed by atoms with van der Waals surface area (Å²) in [6.07, 6.45) is 3.69. The van der Waals surface area contributed by atoms with Gasteiger partial charge in [0, 0.05) is 47.6 Å². The van der Waals surface area contributed by atoms with Crippen molar-refractivity contribution in [2.45, 2.75) is 13.8 Å². The number of hydrogen-bond acceptors (Lipinski definition) is 4. The zero-order chi connectivity index (χ0) is 28.6. The third-order valence-corrected chi connectivity index (χ3v) is 6.70. The van der Waals surface area contributed by atoms with E-state index in [1.54, 1.807) is 12.1 Å². The van der Waals surface area contributed by atoms with E-state index < -0.39 is 0 Å². The molecule has 0 aliphatic heterocycles. The van der Waals surface area contributed by atoms with E-state index in [9.17, 15) is 10.1 Å². The molecule has 0 fully saturated rings. The molecule has 5 nitrogen and oxygen atoms in total. The molecule has 5 rings (SSSR count). The summed E-state index contributed by atoms with van der Waals surface area (Å²) < 4.78 is 0. The highest BCUT2D eigenvalue weighted by molar-refractivity contribution is 5.90. The van der Waals surface area contributed by atoms with Crippen molar-refractivity contribution in [1.82, 2.24) is 0 Å². The normalized spacial score (nSPS) is 10.3. The first-order chi connectivity index (χ1) is 19.5. The van der Waals surface area contributed by atoms with Crippen LogP contribution in [0.5, 0.6) is 0 Å². The van der Waals surface area contributed by atoms with Gasteiger partial charge in [0.2, 0.25) is 0 Å². The molecule has 40 heavy (non-hydrogen) atoms. The molecule has 0 saturated carbocycles. The smallest absolute Gasteiger partial charge is 0.269 e. The molecule has 0 saturated heterocycles. The summed E-state index contributed by atoms with van der Waals surface area (Å²) in [6.45, 7) is 11.9. The van der Waals surface area contributed by atoms with Gasteiger partial charge in [0.05, 0.1) is 4.92 Å². The summed E-state index contributed by atoms with van der Waals surface area (Å²) >= 11 is 0. The minimum Gasteiger partial charge on any atom is -0.345 e. The van der Waals surface area contributed by atoms with E-state index in [2.05, 4.69) is 90.9 Å². The molecule has 0 atom stereocenters. The predicted molar refractivity (Wildman–Crippen MR) is 171 cm³/mol. The first-order valence-corrected chi connectivity index (χ1v) is 13.2. The van der Waals surface area contributed by atoms with Crippen molar-refractivity contribution in [3.05, 3.63) is 144 Å². The van der Waals surface area contributed by atoms with Gasteiger partial charge in [-0.25, -0.2) is 0 Å². The largest absolute Gasteiger partial charge is 0.345 e. The fraction of sp³-hybridized carbons (Fsp3) is 0.0857. The predicted octanol–water partition coefficient (Wildman–Crippen LogP) is 10.3. The van der Waals surface area contributed by atoms with Crippen LogP contribution >= 0.6 is 0 Å². The van der Waals surface area contributed by atoms with E-state index in [0.29, 0.717) is 0 Å². The van der Waals surface area contributed by atoms with Crippen molar-refractivity contribution in [3.8, 4) is 0 Å². The van der Waals surface area contributed by atoms with Crippen LogP contribution in [-0.2, 0) is 0 Å². The topological polar surface area (TPSA) is 49.6 Å². The summed E-state index contributed by atoms with van der Waals surface area (Å²) in [5, 5.41) is 13.4. The number of fused-ring (bicyclic) bond motifs is 1. The molecule has 0 radical (unpaired) electrons. The number of nitro groups is 1. The highest BCUT2D eigenvalue weighted by atomic mass is 16.6. The Labute approximate surface area is 236 Å². The molecule has 5 aromatic rings. The van der Waals surface area contributed by atoms with Crippen LogP contribution in [-0.4, -0.2) is 12.0 Å². The van der Waals surface area contributed by atoms with E-state index in [-0.39, 0.29) is 10.6 Å². The molecule has 0 unspecified atom stereocenters. The molecule has 0 spiro atoms. The van der Waals surface area contributed by atoms with Crippen LogP contribution in [0.15, 0.2) is 122 Å². The van der Waals surface area contributed by atoms with Crippen LogP contribution in [0.3, 0.4) is 0 Å². The number of rotatable bonds is 8. The molecule has 5 heteroatoms. The average molecular weight is 528 g/mol. The number of nitro benzene ring substituents is 1. The van der Waals surface area contributed by atoms with E-state index in [0.717, 1.165) is 45.0 Å². The third kappa shape index (κ3) is 5.79. The zero-order valence-electron chi connectivity index (χ0n) is 23.1. The Hall–Kier alpha value is -5.16. The Morgan fingerprint density at radius 3 is 1.73 bits per heavy atom. The third-order valence-electron chi connectivity index (χ3n) is 6.70. The van der Waals surface area contributed by atoms with Gasteiger partial charge in [0.25, 0.3) is 5.69 Å². The Morgan fingerprint density at radius 2 is 1.12 bits per heavy atom. The number of hydrogen-bond donors (Lipinski definition) is 0. The van der Waals surface area contributed by atoms with Crippen LogP contribution in [0, 0.1) is 10.1 Å². The monoisotopic (exact) mass is 527 g/mol. The highest BCUT2D eigenvalue weighted by Gasteiger charge is 2.15. The lowest BCUT2D eigenvalue weighted by atomic mass is 10.0. The van der Waals surface area contributed by atoms with Crippen LogP contribution < -0.4 is 9.80 Å². The first-order valence-electron chi connectivity index (χ1n) is 13.2. The molecule has 0 aromatic heterocycles. The van der Waals surface area contributed by atoms with Crippen LogP contribution in [0.1, 0.15) is 25.0 Å². The Kier molecular flexibility index (Phi) is 8.77. The van der Waals surface area contributed by atoms with Crippen molar-refractivity contribution < 1.29 is 4.92 Å². The average Bonchev–Trinajstić information content (AvgIpc) is 3.02. The number of benzene rings is 5. The molecule has 0 aliphatic carbocycles. The maximum atomic E-state index is 11.0. The van der Waals surface area contributed by atoms with E-state index in [4.69, 9.17) is 0 Å². The van der Waals surface area contributed by atoms with E-state index in [1.165, 1.54) is 17.5 Å². The molecular weight excluding hydrogens is 494 g/mol. The molecule has 5 aromatic carbocycles. The van der Waals surface area contributed by atoms with Crippen molar-refractivity contribution in [3.63, 3.8) is 0 Å². The summed E-state index contributed by atoms with van der Waals surface area (Å²) in [4.78, 5) is 14.8. The second-order valence-corrected chi connectivity index (χ2v) is 8.94. The second kappa shape index (κ2) is 12.6. The van der Waals surface area contributed by atoms with Crippen molar-refractivity contribution in [2.24, 2.45) is 0 Å². The second-order valence-electron chi connectivity index (χ2n) is 8.94. The molecule has 0 aliphatic rings. The standard InChI is InChI=1S/C33H27N3O2.C2H6/c1-4-24-10-12-32(22-25(24)5-2)35(33-13-11-26-8-6-7-9-27(26)23-33)30-18-14-28(15-19-30)34(3)29-16-20-31(21-17-29)36(37)38;1-2/h4-23H,1-2H2,3H3;1-2H3. The summed E-state index contributed by atoms with van der Waals surface area (Å²) in [6, 6.07) is 35.9. The molecule has 0 heterocycles. The lowest BCUT2D eigenvalue weighted by Crippen LogP contribution is -2.12. The maximum Gasteiger partial charge on any atom is 0.269 e. The van der Waals surface area contributed by atoms with Gasteiger partial charge in [-0.1, -0.05) is 75.6 Å². The maximum absolute atomic E-state index is 11.0. The Bertz CT molecular complexity index is 1640. The first kappa shape index (κ1) is 27.9. The van der Waals surface area contributed by atoms with Gasteiger partial charge in [-0.2, -0.15) is 0 Å². The highest BCUT2D eigenvalue weighted by Crippen LogP contribution is 2.38. The van der Waals surface area contributed by atoms with Crippen LogP contribution in [0.4, 0.5) is 34.1 Å². The number of nitrogens with zero attached hydrogens (tertiary/aromatic N) is 3. The summed E-state index contributed by atoms with van der Waals surface area (Å²) in [5.41, 5.74) is 7.01. The van der Waals surface area contributed by atoms with Crippen molar-refractivity contribution in [1.29, 1.82) is 0 Å². The molecular formula is C35H33N3O2. The van der Waals surface area contributed by atoms with Gasteiger partial charge in [0.15, 0.2) is 0 Å². The molecule has 0 amide bonds. The van der Waals surface area contributed by atoms with Crippen LogP contribution in [0.2, 0.25) is 0 Å². The summed E-state index contributed by atoms with van der Waals surface area (Å²) in [7, 11) is 1.95.